The van der Waals surface area contributed by atoms with E-state index in [0.717, 1.165) is 37.5 Å². The summed E-state index contributed by atoms with van der Waals surface area (Å²) in [5, 5.41) is 10.8. The van der Waals surface area contributed by atoms with Crippen LogP contribution in [0.15, 0.2) is 12.4 Å². The topological polar surface area (TPSA) is 62.2 Å². The highest BCUT2D eigenvalue weighted by atomic mass is 35.5. The molecule has 0 bridgehead atoms. The van der Waals surface area contributed by atoms with Crippen LogP contribution in [0.25, 0.3) is 0 Å². The number of aromatic nitrogens is 2. The molecule has 0 aromatic carbocycles. The Hall–Kier alpha value is -0.820. The lowest BCUT2D eigenvalue weighted by Gasteiger charge is -2.29. The largest absolute Gasteiger partial charge is 0.356 e. The first-order valence-corrected chi connectivity index (χ1v) is 8.79. The second-order valence-corrected chi connectivity index (χ2v) is 7.14. The fraction of sp³-hybridized carbons (Fsp3) is 0.765. The van der Waals surface area contributed by atoms with Gasteiger partial charge in [-0.05, 0) is 50.9 Å². The molecule has 0 saturated carbocycles. The Morgan fingerprint density at radius 2 is 2.00 bits per heavy atom. The van der Waals surface area contributed by atoms with Gasteiger partial charge in [0.15, 0.2) is 0 Å². The normalized spacial score (nSPS) is 24.4. The lowest BCUT2D eigenvalue weighted by atomic mass is 9.90. The van der Waals surface area contributed by atoms with Crippen LogP contribution in [0.4, 0.5) is 0 Å². The number of carbonyl (C=O) groups excluding carboxylic acids is 1. The van der Waals surface area contributed by atoms with Crippen LogP contribution in [-0.4, -0.2) is 60.4 Å². The molecule has 25 heavy (non-hydrogen) atoms. The van der Waals surface area contributed by atoms with Gasteiger partial charge in [-0.2, -0.15) is 5.10 Å². The van der Waals surface area contributed by atoms with Gasteiger partial charge in [0.25, 0.3) is 0 Å². The van der Waals surface area contributed by atoms with Crippen LogP contribution >= 0.6 is 24.8 Å². The van der Waals surface area contributed by atoms with Gasteiger partial charge in [0.1, 0.15) is 0 Å². The molecule has 1 aromatic rings. The predicted octanol–water partition coefficient (Wildman–Crippen LogP) is 1.41. The standard InChI is InChI=1S/C17H29N5O.2ClH/c1-21-7-4-13(5-8-21)3-6-19-17(23)16-11-18-10-15(16)14-9-20-22(2)12-14;;/h9,12-13,15-16,18H,3-8,10-11H2,1-2H3,(H,19,23);2*1H/t15-,16+;;/m1../s1. The summed E-state index contributed by atoms with van der Waals surface area (Å²) in [6, 6.07) is 0. The summed E-state index contributed by atoms with van der Waals surface area (Å²) in [6.45, 7) is 4.81. The Morgan fingerprint density at radius 1 is 1.28 bits per heavy atom. The molecule has 2 aliphatic heterocycles. The quantitative estimate of drug-likeness (QED) is 0.796. The van der Waals surface area contributed by atoms with E-state index in [-0.39, 0.29) is 42.6 Å². The Kier molecular flexibility index (Phi) is 9.21. The van der Waals surface area contributed by atoms with Crippen LogP contribution in [0.5, 0.6) is 0 Å². The summed E-state index contributed by atoms with van der Waals surface area (Å²) in [4.78, 5) is 14.9. The van der Waals surface area contributed by atoms with Gasteiger partial charge < -0.3 is 15.5 Å². The molecule has 1 aromatic heterocycles. The van der Waals surface area contributed by atoms with E-state index in [1.165, 1.54) is 25.9 Å². The van der Waals surface area contributed by atoms with Crippen LogP contribution in [0.3, 0.4) is 0 Å². The number of halogens is 2. The molecule has 2 saturated heterocycles. The Bertz CT molecular complexity index is 531. The van der Waals surface area contributed by atoms with Crippen molar-refractivity contribution in [1.29, 1.82) is 0 Å². The van der Waals surface area contributed by atoms with Crippen molar-refractivity contribution in [3.05, 3.63) is 18.0 Å². The van der Waals surface area contributed by atoms with Crippen molar-refractivity contribution in [3.8, 4) is 0 Å². The summed E-state index contributed by atoms with van der Waals surface area (Å²) >= 11 is 0. The van der Waals surface area contributed by atoms with Crippen molar-refractivity contribution in [2.24, 2.45) is 18.9 Å². The molecular formula is C17H31Cl2N5O. The molecule has 0 spiro atoms. The lowest BCUT2D eigenvalue weighted by Crippen LogP contribution is -2.36. The Morgan fingerprint density at radius 3 is 2.64 bits per heavy atom. The molecule has 2 fully saturated rings. The zero-order valence-electron chi connectivity index (χ0n) is 15.1. The SMILES string of the molecule is CN1CCC(CCNC(=O)[C@H]2CNC[C@@H]2c2cnn(C)c2)CC1.Cl.Cl. The highest BCUT2D eigenvalue weighted by Gasteiger charge is 2.34. The number of amides is 1. The molecule has 3 rings (SSSR count). The third kappa shape index (κ3) is 5.84. The fourth-order valence-corrected chi connectivity index (χ4v) is 3.82. The van der Waals surface area contributed by atoms with Crippen LogP contribution < -0.4 is 10.6 Å². The number of rotatable bonds is 5. The summed E-state index contributed by atoms with van der Waals surface area (Å²) in [6.07, 6.45) is 7.54. The second kappa shape index (κ2) is 10.4. The molecule has 0 radical (unpaired) electrons. The van der Waals surface area contributed by atoms with E-state index in [4.69, 9.17) is 0 Å². The second-order valence-electron chi connectivity index (χ2n) is 7.14. The molecule has 1 amide bonds. The molecule has 8 heteroatoms. The monoisotopic (exact) mass is 391 g/mol. The zero-order valence-corrected chi connectivity index (χ0v) is 16.7. The number of nitrogens with zero attached hydrogens (tertiary/aromatic N) is 3. The van der Waals surface area contributed by atoms with Crippen LogP contribution in [0.1, 0.15) is 30.7 Å². The van der Waals surface area contributed by atoms with E-state index in [2.05, 4.69) is 27.7 Å². The maximum absolute atomic E-state index is 12.5. The van der Waals surface area contributed by atoms with Crippen molar-refractivity contribution in [2.45, 2.75) is 25.2 Å². The van der Waals surface area contributed by atoms with Crippen molar-refractivity contribution < 1.29 is 4.79 Å². The minimum atomic E-state index is 0. The molecule has 6 nitrogen and oxygen atoms in total. The molecule has 144 valence electrons. The average molecular weight is 392 g/mol. The smallest absolute Gasteiger partial charge is 0.225 e. The van der Waals surface area contributed by atoms with Crippen LogP contribution in [0.2, 0.25) is 0 Å². The molecule has 0 unspecified atom stereocenters. The number of nitrogens with one attached hydrogen (secondary N) is 2. The van der Waals surface area contributed by atoms with Crippen molar-refractivity contribution in [1.82, 2.24) is 25.3 Å². The fourth-order valence-electron chi connectivity index (χ4n) is 3.82. The summed E-state index contributed by atoms with van der Waals surface area (Å²) < 4.78 is 1.81. The van der Waals surface area contributed by atoms with Gasteiger partial charge in [0.2, 0.25) is 5.91 Å². The van der Waals surface area contributed by atoms with Gasteiger partial charge >= 0.3 is 0 Å². The lowest BCUT2D eigenvalue weighted by molar-refractivity contribution is -0.124. The zero-order chi connectivity index (χ0) is 16.2. The maximum Gasteiger partial charge on any atom is 0.225 e. The van der Waals surface area contributed by atoms with Gasteiger partial charge in [-0.25, -0.2) is 0 Å². The van der Waals surface area contributed by atoms with Crippen molar-refractivity contribution >= 4 is 30.7 Å². The van der Waals surface area contributed by atoms with E-state index in [1.54, 1.807) is 0 Å². The minimum absolute atomic E-state index is 0. The summed E-state index contributed by atoms with van der Waals surface area (Å²) in [5.41, 5.74) is 1.16. The number of aryl methyl sites for hydroxylation is 1. The highest BCUT2D eigenvalue weighted by molar-refractivity contribution is 5.85. The number of carbonyl (C=O) groups is 1. The van der Waals surface area contributed by atoms with Crippen LogP contribution in [0, 0.1) is 11.8 Å². The average Bonchev–Trinajstić information content (AvgIpc) is 3.17. The Balaban J connectivity index is 0.00000156. The van der Waals surface area contributed by atoms with Gasteiger partial charge in [0.05, 0.1) is 12.1 Å². The minimum Gasteiger partial charge on any atom is -0.356 e. The first kappa shape index (κ1) is 22.2. The summed E-state index contributed by atoms with van der Waals surface area (Å²) in [5.74, 6) is 1.22. The van der Waals surface area contributed by atoms with Gasteiger partial charge in [0, 0.05) is 38.8 Å². The van der Waals surface area contributed by atoms with Crippen molar-refractivity contribution in [3.63, 3.8) is 0 Å². The highest BCUT2D eigenvalue weighted by Crippen LogP contribution is 2.28. The third-order valence-electron chi connectivity index (χ3n) is 5.39. The molecule has 2 atom stereocenters. The first-order valence-electron chi connectivity index (χ1n) is 8.79. The van der Waals surface area contributed by atoms with E-state index >= 15 is 0 Å². The molecule has 3 heterocycles. The number of likely N-dealkylation sites (tertiary alicyclic amines) is 1. The first-order chi connectivity index (χ1) is 11.1. The Labute approximate surface area is 162 Å². The summed E-state index contributed by atoms with van der Waals surface area (Å²) in [7, 11) is 4.10. The molecule has 2 N–H and O–H groups in total. The van der Waals surface area contributed by atoms with Gasteiger partial charge in [-0.15, -0.1) is 24.8 Å². The van der Waals surface area contributed by atoms with E-state index < -0.39 is 0 Å². The number of hydrogen-bond acceptors (Lipinski definition) is 4. The maximum atomic E-state index is 12.5. The predicted molar refractivity (Wildman–Crippen MR) is 105 cm³/mol. The van der Waals surface area contributed by atoms with E-state index in [1.807, 2.05) is 24.1 Å². The van der Waals surface area contributed by atoms with E-state index in [9.17, 15) is 4.79 Å². The molecule has 0 aliphatic carbocycles. The van der Waals surface area contributed by atoms with Gasteiger partial charge in [-0.3, -0.25) is 9.48 Å². The van der Waals surface area contributed by atoms with Crippen molar-refractivity contribution in [2.75, 3.05) is 39.8 Å². The van der Waals surface area contributed by atoms with E-state index in [0.29, 0.717) is 0 Å². The number of piperidine rings is 1. The molecule has 2 aliphatic rings. The van der Waals surface area contributed by atoms with Gasteiger partial charge in [-0.1, -0.05) is 0 Å². The number of hydrogen-bond donors (Lipinski definition) is 2. The third-order valence-corrected chi connectivity index (χ3v) is 5.39. The molecular weight excluding hydrogens is 361 g/mol. The van der Waals surface area contributed by atoms with Crippen LogP contribution in [-0.2, 0) is 11.8 Å².